The van der Waals surface area contributed by atoms with Crippen molar-refractivity contribution in [3.05, 3.63) is 36.8 Å². The van der Waals surface area contributed by atoms with Crippen molar-refractivity contribution in [2.24, 2.45) is 0 Å². The Kier molecular flexibility index (Phi) is 5.49. The van der Waals surface area contributed by atoms with Gasteiger partial charge in [-0.05, 0) is 31.0 Å². The van der Waals surface area contributed by atoms with Crippen molar-refractivity contribution in [3.63, 3.8) is 0 Å². The largest absolute Gasteiger partial charge is 0.494 e. The van der Waals surface area contributed by atoms with E-state index >= 15 is 0 Å². The minimum Gasteiger partial charge on any atom is -0.494 e. The maximum atomic E-state index is 10.3. The van der Waals surface area contributed by atoms with Gasteiger partial charge in [0.05, 0.1) is 12.7 Å². The lowest BCUT2D eigenvalue weighted by molar-refractivity contribution is -0.137. The number of carboxylic acid groups (broad SMARTS) is 1. The summed E-state index contributed by atoms with van der Waals surface area (Å²) < 4.78 is 10.5. The summed E-state index contributed by atoms with van der Waals surface area (Å²) in [6.07, 6.45) is 0.451. The summed E-state index contributed by atoms with van der Waals surface area (Å²) >= 11 is 0. The molecule has 0 bridgehead atoms. The Hall–Kier alpha value is -1.55. The molecule has 0 aliphatic carbocycles. The molecule has 1 aromatic carbocycles. The van der Waals surface area contributed by atoms with Gasteiger partial charge in [0.1, 0.15) is 5.75 Å². The molecular formula is C13H17O4. The average molecular weight is 237 g/mol. The predicted molar refractivity (Wildman–Crippen MR) is 63.9 cm³/mol. The van der Waals surface area contributed by atoms with Gasteiger partial charge in [0, 0.05) is 13.5 Å². The zero-order valence-corrected chi connectivity index (χ0v) is 9.89. The molecule has 4 heteroatoms. The van der Waals surface area contributed by atoms with Crippen molar-refractivity contribution in [2.75, 3.05) is 13.7 Å². The van der Waals surface area contributed by atoms with Gasteiger partial charge in [-0.1, -0.05) is 12.1 Å². The molecule has 1 aromatic rings. The van der Waals surface area contributed by atoms with E-state index in [-0.39, 0.29) is 12.5 Å². The number of rotatable bonds is 7. The molecule has 93 valence electrons. The smallest absolute Gasteiger partial charge is 0.303 e. The first-order chi connectivity index (χ1) is 8.13. The van der Waals surface area contributed by atoms with Gasteiger partial charge in [-0.3, -0.25) is 4.79 Å². The van der Waals surface area contributed by atoms with Gasteiger partial charge in [-0.2, -0.15) is 0 Å². The second kappa shape index (κ2) is 6.91. The van der Waals surface area contributed by atoms with E-state index in [1.54, 1.807) is 7.11 Å². The van der Waals surface area contributed by atoms with Crippen LogP contribution in [0.25, 0.3) is 0 Å². The van der Waals surface area contributed by atoms with Crippen molar-refractivity contribution in [1.82, 2.24) is 0 Å². The van der Waals surface area contributed by atoms with Gasteiger partial charge < -0.3 is 14.6 Å². The summed E-state index contributed by atoms with van der Waals surface area (Å²) in [6, 6.07) is 7.42. The van der Waals surface area contributed by atoms with E-state index < -0.39 is 5.97 Å². The van der Waals surface area contributed by atoms with Crippen molar-refractivity contribution in [3.8, 4) is 5.75 Å². The highest BCUT2D eigenvalue weighted by Gasteiger charge is 2.03. The van der Waals surface area contributed by atoms with E-state index in [0.717, 1.165) is 11.3 Å². The number of hydrogen-bond donors (Lipinski definition) is 1. The normalized spacial score (nSPS) is 12.1. The van der Waals surface area contributed by atoms with Gasteiger partial charge >= 0.3 is 5.97 Å². The molecule has 1 unspecified atom stereocenters. The van der Waals surface area contributed by atoms with Crippen LogP contribution < -0.4 is 4.74 Å². The van der Waals surface area contributed by atoms with E-state index in [0.29, 0.717) is 13.0 Å². The third kappa shape index (κ3) is 4.87. The molecule has 17 heavy (non-hydrogen) atoms. The Morgan fingerprint density at radius 1 is 1.41 bits per heavy atom. The Morgan fingerprint density at radius 2 is 2.06 bits per heavy atom. The summed E-state index contributed by atoms with van der Waals surface area (Å²) in [5, 5.41) is 8.46. The van der Waals surface area contributed by atoms with E-state index in [1.165, 1.54) is 0 Å². The Morgan fingerprint density at radius 3 is 2.59 bits per heavy atom. The van der Waals surface area contributed by atoms with E-state index in [1.807, 2.05) is 24.3 Å². The summed E-state index contributed by atoms with van der Waals surface area (Å²) in [4.78, 5) is 10.3. The summed E-state index contributed by atoms with van der Waals surface area (Å²) in [5.41, 5.74) is 0.977. The fraction of sp³-hybridized carbons (Fsp3) is 0.385. The van der Waals surface area contributed by atoms with Gasteiger partial charge in [0.15, 0.2) is 0 Å². The standard InChI is InChI=1S/C13H17O4/c1-10(16-2)11-5-7-12(8-6-11)17-9-3-4-13(14)15/h5-8,10H,1,3-4,9H2,2H3,(H,14,15). The van der Waals surface area contributed by atoms with Gasteiger partial charge in [-0.15, -0.1) is 0 Å². The first-order valence-electron chi connectivity index (χ1n) is 5.44. The molecule has 0 saturated carbocycles. The number of benzene rings is 1. The number of aliphatic carboxylic acids is 1. The number of hydrogen-bond acceptors (Lipinski definition) is 3. The van der Waals surface area contributed by atoms with Crippen LogP contribution >= 0.6 is 0 Å². The molecule has 1 N–H and O–H groups in total. The second-order valence-electron chi connectivity index (χ2n) is 3.64. The number of carbonyl (C=O) groups is 1. The minimum atomic E-state index is -0.802. The molecule has 0 fully saturated rings. The quantitative estimate of drug-likeness (QED) is 0.740. The molecule has 1 atom stereocenters. The SMILES string of the molecule is [CH2]C(OC)c1ccc(OCCCC(=O)O)cc1. The first-order valence-corrected chi connectivity index (χ1v) is 5.44. The lowest BCUT2D eigenvalue weighted by Crippen LogP contribution is -2.02. The van der Waals surface area contributed by atoms with Crippen LogP contribution in [0.15, 0.2) is 24.3 Å². The summed E-state index contributed by atoms with van der Waals surface area (Å²) in [5.74, 6) is -0.0774. The first kappa shape index (κ1) is 13.5. The van der Waals surface area contributed by atoms with Crippen molar-refractivity contribution in [2.45, 2.75) is 18.9 Å². The molecule has 4 nitrogen and oxygen atoms in total. The third-order valence-corrected chi connectivity index (χ3v) is 2.34. The van der Waals surface area contributed by atoms with Crippen LogP contribution in [-0.2, 0) is 9.53 Å². The van der Waals surface area contributed by atoms with Crippen LogP contribution in [0.5, 0.6) is 5.75 Å². The molecular weight excluding hydrogens is 220 g/mol. The van der Waals surface area contributed by atoms with E-state index in [9.17, 15) is 4.79 Å². The molecule has 0 heterocycles. The Balaban J connectivity index is 2.38. The molecule has 0 aliphatic rings. The van der Waals surface area contributed by atoms with E-state index in [2.05, 4.69) is 6.92 Å². The molecule has 1 radical (unpaired) electrons. The number of methoxy groups -OCH3 is 1. The highest BCUT2D eigenvalue weighted by atomic mass is 16.5. The third-order valence-electron chi connectivity index (χ3n) is 2.34. The predicted octanol–water partition coefficient (Wildman–Crippen LogP) is 2.45. The molecule has 0 aliphatic heterocycles. The molecule has 0 aromatic heterocycles. The van der Waals surface area contributed by atoms with Crippen molar-refractivity contribution in [1.29, 1.82) is 0 Å². The fourth-order valence-electron chi connectivity index (χ4n) is 1.33. The summed E-state index contributed by atoms with van der Waals surface area (Å²) in [7, 11) is 1.61. The molecule has 0 spiro atoms. The zero-order chi connectivity index (χ0) is 12.7. The monoisotopic (exact) mass is 237 g/mol. The highest BCUT2D eigenvalue weighted by Crippen LogP contribution is 2.19. The van der Waals surface area contributed by atoms with Crippen molar-refractivity contribution >= 4 is 5.97 Å². The molecule has 0 saturated heterocycles. The van der Waals surface area contributed by atoms with Crippen LogP contribution in [0.1, 0.15) is 24.5 Å². The van der Waals surface area contributed by atoms with Gasteiger partial charge in [0.25, 0.3) is 0 Å². The zero-order valence-electron chi connectivity index (χ0n) is 9.89. The van der Waals surface area contributed by atoms with Crippen LogP contribution in [0.4, 0.5) is 0 Å². The second-order valence-corrected chi connectivity index (χ2v) is 3.64. The maximum absolute atomic E-state index is 10.3. The molecule has 1 rings (SSSR count). The van der Waals surface area contributed by atoms with Crippen LogP contribution in [0.3, 0.4) is 0 Å². The Bertz CT molecular complexity index is 345. The Labute approximate surface area is 101 Å². The number of carboxylic acids is 1. The van der Waals surface area contributed by atoms with Crippen LogP contribution in [0.2, 0.25) is 0 Å². The lowest BCUT2D eigenvalue weighted by atomic mass is 10.1. The van der Waals surface area contributed by atoms with Gasteiger partial charge in [0.2, 0.25) is 0 Å². The number of ether oxygens (including phenoxy) is 2. The minimum absolute atomic E-state index is 0.128. The highest BCUT2D eigenvalue weighted by molar-refractivity contribution is 5.66. The van der Waals surface area contributed by atoms with E-state index in [4.69, 9.17) is 14.6 Å². The van der Waals surface area contributed by atoms with Crippen LogP contribution in [0, 0.1) is 6.92 Å². The lowest BCUT2D eigenvalue weighted by Gasteiger charge is -2.10. The fourth-order valence-corrected chi connectivity index (χ4v) is 1.33. The van der Waals surface area contributed by atoms with Crippen molar-refractivity contribution < 1.29 is 19.4 Å². The van der Waals surface area contributed by atoms with Gasteiger partial charge in [-0.25, -0.2) is 0 Å². The topological polar surface area (TPSA) is 55.8 Å². The average Bonchev–Trinajstić information content (AvgIpc) is 2.34. The maximum Gasteiger partial charge on any atom is 0.303 e. The van der Waals surface area contributed by atoms with Crippen LogP contribution in [-0.4, -0.2) is 24.8 Å². The summed E-state index contributed by atoms with van der Waals surface area (Å²) in [6.45, 7) is 4.23. The molecule has 0 amide bonds.